The highest BCUT2D eigenvalue weighted by molar-refractivity contribution is 6.03. The minimum absolute atomic E-state index is 0.226. The smallest absolute Gasteiger partial charge is 0.325 e. The van der Waals surface area contributed by atoms with Crippen LogP contribution >= 0.6 is 0 Å². The van der Waals surface area contributed by atoms with Gasteiger partial charge in [0.25, 0.3) is 5.91 Å². The zero-order valence-electron chi connectivity index (χ0n) is 19.4. The highest BCUT2D eigenvalue weighted by Crippen LogP contribution is 2.28. The third kappa shape index (κ3) is 4.35. The van der Waals surface area contributed by atoms with Crippen molar-refractivity contribution in [2.24, 2.45) is 4.99 Å². The molecular weight excluding hydrogens is 435 g/mol. The zero-order valence-corrected chi connectivity index (χ0v) is 19.4. The summed E-state index contributed by atoms with van der Waals surface area (Å²) >= 11 is 0. The molecule has 3 heterocycles. The van der Waals surface area contributed by atoms with Crippen molar-refractivity contribution in [2.45, 2.75) is 32.2 Å². The van der Waals surface area contributed by atoms with E-state index in [2.05, 4.69) is 39.4 Å². The standard InChI is InChI=1S/C25H29FN6O2/c1-17-3-5-19(6-4-17)16-32-21-22(29(2)25(34)28-23(21)33)27-24(32)31-13-11-30(12-14-31)15-18-7-9-20(26)10-8-18/h3-10,21-22H,11-16H2,1-2H3,(H,28,33,34). The Morgan fingerprint density at radius 1 is 0.941 bits per heavy atom. The van der Waals surface area contributed by atoms with Crippen molar-refractivity contribution in [1.29, 1.82) is 0 Å². The molecule has 178 valence electrons. The van der Waals surface area contributed by atoms with E-state index in [1.807, 2.05) is 24.0 Å². The average molecular weight is 465 g/mol. The molecule has 0 saturated carbocycles. The fraction of sp³-hybridized carbons (Fsp3) is 0.400. The van der Waals surface area contributed by atoms with Crippen molar-refractivity contribution in [3.63, 3.8) is 0 Å². The van der Waals surface area contributed by atoms with Crippen molar-refractivity contribution < 1.29 is 14.0 Å². The van der Waals surface area contributed by atoms with Gasteiger partial charge in [-0.15, -0.1) is 0 Å². The quantitative estimate of drug-likeness (QED) is 0.750. The van der Waals surface area contributed by atoms with Crippen LogP contribution in [0, 0.1) is 12.7 Å². The second-order valence-electron chi connectivity index (χ2n) is 9.20. The summed E-state index contributed by atoms with van der Waals surface area (Å²) in [7, 11) is 1.68. The summed E-state index contributed by atoms with van der Waals surface area (Å²) in [6, 6.07) is 13.9. The summed E-state index contributed by atoms with van der Waals surface area (Å²) in [6.07, 6.45) is -0.543. The lowest BCUT2D eigenvalue weighted by Crippen LogP contribution is -2.64. The highest BCUT2D eigenvalue weighted by Gasteiger charge is 2.49. The summed E-state index contributed by atoms with van der Waals surface area (Å²) < 4.78 is 13.2. The minimum Gasteiger partial charge on any atom is -0.340 e. The van der Waals surface area contributed by atoms with Crippen LogP contribution < -0.4 is 5.32 Å². The predicted molar refractivity (Wildman–Crippen MR) is 126 cm³/mol. The molecule has 3 aliphatic rings. The Balaban J connectivity index is 1.33. The summed E-state index contributed by atoms with van der Waals surface area (Å²) in [5.74, 6) is 0.220. The molecule has 3 aliphatic heterocycles. The number of fused-ring (bicyclic) bond motifs is 1. The molecule has 2 aromatic rings. The van der Waals surface area contributed by atoms with Crippen molar-refractivity contribution in [2.75, 3.05) is 33.2 Å². The molecule has 0 aliphatic carbocycles. The number of hydrogen-bond donors (Lipinski definition) is 1. The lowest BCUT2D eigenvalue weighted by Gasteiger charge is -2.40. The van der Waals surface area contributed by atoms with Crippen molar-refractivity contribution in [3.8, 4) is 0 Å². The van der Waals surface area contributed by atoms with Crippen LogP contribution in [-0.4, -0.2) is 82.9 Å². The first-order valence-corrected chi connectivity index (χ1v) is 11.6. The van der Waals surface area contributed by atoms with E-state index in [4.69, 9.17) is 4.99 Å². The topological polar surface area (TPSA) is 71.5 Å². The molecule has 0 radical (unpaired) electrons. The largest absolute Gasteiger partial charge is 0.340 e. The molecule has 1 N–H and O–H groups in total. The summed E-state index contributed by atoms with van der Waals surface area (Å²) in [4.78, 5) is 38.1. The van der Waals surface area contributed by atoms with Crippen LogP contribution in [0.1, 0.15) is 16.7 Å². The Morgan fingerprint density at radius 3 is 2.24 bits per heavy atom. The maximum Gasteiger partial charge on any atom is 0.325 e. The monoisotopic (exact) mass is 464 g/mol. The Hall–Kier alpha value is -3.46. The molecule has 34 heavy (non-hydrogen) atoms. The normalized spacial score (nSPS) is 23.1. The number of hydrogen-bond acceptors (Lipinski definition) is 6. The lowest BCUT2D eigenvalue weighted by molar-refractivity contribution is -0.127. The minimum atomic E-state index is -0.559. The number of likely N-dealkylation sites (N-methyl/N-ethyl adjacent to an activating group) is 1. The van der Waals surface area contributed by atoms with E-state index in [9.17, 15) is 14.0 Å². The third-order valence-corrected chi connectivity index (χ3v) is 6.79. The van der Waals surface area contributed by atoms with Crippen LogP contribution in [0.2, 0.25) is 0 Å². The van der Waals surface area contributed by atoms with Gasteiger partial charge in [-0.1, -0.05) is 42.0 Å². The summed E-state index contributed by atoms with van der Waals surface area (Å²) in [6.45, 7) is 6.50. The molecule has 0 bridgehead atoms. The van der Waals surface area contributed by atoms with Crippen LogP contribution in [-0.2, 0) is 17.9 Å². The van der Waals surface area contributed by atoms with E-state index in [-0.39, 0.29) is 11.7 Å². The van der Waals surface area contributed by atoms with Gasteiger partial charge in [0, 0.05) is 46.3 Å². The van der Waals surface area contributed by atoms with Gasteiger partial charge in [0.15, 0.2) is 18.2 Å². The molecule has 2 fully saturated rings. The summed E-state index contributed by atoms with van der Waals surface area (Å²) in [5, 5.41) is 2.47. The lowest BCUT2D eigenvalue weighted by atomic mass is 10.1. The number of nitrogens with one attached hydrogen (secondary N) is 1. The number of amides is 3. The predicted octanol–water partition coefficient (Wildman–Crippen LogP) is 2.00. The Kier molecular flexibility index (Phi) is 5.95. The van der Waals surface area contributed by atoms with E-state index in [1.54, 1.807) is 7.05 Å². The number of benzene rings is 2. The number of carbonyl (C=O) groups excluding carboxylic acids is 2. The van der Waals surface area contributed by atoms with Gasteiger partial charge >= 0.3 is 6.03 Å². The molecule has 2 aromatic carbocycles. The molecule has 9 heteroatoms. The highest BCUT2D eigenvalue weighted by atomic mass is 19.1. The van der Waals surface area contributed by atoms with Gasteiger partial charge in [0.2, 0.25) is 0 Å². The van der Waals surface area contributed by atoms with E-state index in [0.717, 1.165) is 49.8 Å². The van der Waals surface area contributed by atoms with Crippen LogP contribution in [0.4, 0.5) is 9.18 Å². The van der Waals surface area contributed by atoms with Gasteiger partial charge in [0.05, 0.1) is 0 Å². The number of urea groups is 1. The second-order valence-corrected chi connectivity index (χ2v) is 9.20. The first-order valence-electron chi connectivity index (χ1n) is 11.6. The number of carbonyl (C=O) groups is 2. The van der Waals surface area contributed by atoms with Crippen LogP contribution in [0.25, 0.3) is 0 Å². The molecule has 0 spiro atoms. The Labute approximate surface area is 198 Å². The van der Waals surface area contributed by atoms with Crippen LogP contribution in [0.5, 0.6) is 0 Å². The number of rotatable bonds is 4. The number of aliphatic imine (C=N–C) groups is 1. The maximum absolute atomic E-state index is 13.2. The number of halogens is 1. The SMILES string of the molecule is Cc1ccc(CN2C(N3CCN(Cc4ccc(F)cc4)CC3)=NC3C2C(=O)NC(=O)N3C)cc1. The van der Waals surface area contributed by atoms with E-state index < -0.39 is 18.2 Å². The Morgan fingerprint density at radius 2 is 1.56 bits per heavy atom. The number of aryl methyl sites for hydroxylation is 1. The molecule has 2 saturated heterocycles. The number of piperazine rings is 1. The first kappa shape index (κ1) is 22.3. The van der Waals surface area contributed by atoms with Crippen LogP contribution in [0.15, 0.2) is 53.5 Å². The number of nitrogens with zero attached hydrogens (tertiary/aromatic N) is 5. The van der Waals surface area contributed by atoms with Crippen molar-refractivity contribution >= 4 is 17.9 Å². The molecule has 2 unspecified atom stereocenters. The fourth-order valence-electron chi connectivity index (χ4n) is 4.79. The number of guanidine groups is 1. The average Bonchev–Trinajstić information content (AvgIpc) is 3.21. The van der Waals surface area contributed by atoms with Gasteiger partial charge in [-0.2, -0.15) is 0 Å². The number of imide groups is 1. The molecule has 8 nitrogen and oxygen atoms in total. The molecule has 2 atom stereocenters. The Bertz CT molecular complexity index is 1100. The van der Waals surface area contributed by atoms with Crippen molar-refractivity contribution in [3.05, 3.63) is 71.0 Å². The fourth-order valence-corrected chi connectivity index (χ4v) is 4.79. The molecular formula is C25H29FN6O2. The maximum atomic E-state index is 13.2. The van der Waals surface area contributed by atoms with E-state index in [0.29, 0.717) is 6.54 Å². The van der Waals surface area contributed by atoms with Gasteiger partial charge < -0.3 is 14.7 Å². The first-order chi connectivity index (χ1) is 16.4. The molecule has 0 aromatic heterocycles. The van der Waals surface area contributed by atoms with Crippen LogP contribution in [0.3, 0.4) is 0 Å². The van der Waals surface area contributed by atoms with Gasteiger partial charge in [-0.25, -0.2) is 14.2 Å². The van der Waals surface area contributed by atoms with Crippen molar-refractivity contribution in [1.82, 2.24) is 24.9 Å². The van der Waals surface area contributed by atoms with Gasteiger partial charge in [-0.05, 0) is 30.2 Å². The van der Waals surface area contributed by atoms with E-state index >= 15 is 0 Å². The zero-order chi connectivity index (χ0) is 23.8. The van der Waals surface area contributed by atoms with Gasteiger partial charge in [0.1, 0.15) is 5.82 Å². The third-order valence-electron chi connectivity index (χ3n) is 6.79. The van der Waals surface area contributed by atoms with E-state index in [1.165, 1.54) is 22.6 Å². The summed E-state index contributed by atoms with van der Waals surface area (Å²) in [5.41, 5.74) is 3.34. The van der Waals surface area contributed by atoms with Gasteiger partial charge in [-0.3, -0.25) is 15.0 Å². The molecule has 3 amide bonds. The second kappa shape index (κ2) is 9.06. The molecule has 5 rings (SSSR count).